The van der Waals surface area contributed by atoms with Gasteiger partial charge < -0.3 is 20.3 Å². The number of sulfonamides is 1. The molecule has 0 aromatic heterocycles. The van der Waals surface area contributed by atoms with Crippen molar-refractivity contribution in [1.82, 2.24) is 10.0 Å². The largest absolute Gasteiger partial charge is 0.490 e. The molecule has 0 heterocycles. The summed E-state index contributed by atoms with van der Waals surface area (Å²) in [4.78, 5) is 12.7. The fourth-order valence-electron chi connectivity index (χ4n) is 4.06. The van der Waals surface area contributed by atoms with Crippen LogP contribution in [-0.4, -0.2) is 56.1 Å². The van der Waals surface area contributed by atoms with Gasteiger partial charge in [-0.2, -0.15) is 0 Å². The molecule has 0 saturated heterocycles. The predicted octanol–water partition coefficient (Wildman–Crippen LogP) is 4.26. The van der Waals surface area contributed by atoms with E-state index < -0.39 is 22.0 Å². The van der Waals surface area contributed by atoms with Gasteiger partial charge in [-0.25, -0.2) is 13.1 Å². The molecular weight excluding hydrogens is 552 g/mol. The second-order valence-electron chi connectivity index (χ2n) is 9.64. The lowest BCUT2D eigenvalue weighted by molar-refractivity contribution is 0.0975. The molecule has 10 heteroatoms. The van der Waals surface area contributed by atoms with Crippen molar-refractivity contribution in [2.45, 2.75) is 45.3 Å². The van der Waals surface area contributed by atoms with Crippen LogP contribution in [0.5, 0.6) is 5.75 Å². The molecule has 0 aliphatic rings. The van der Waals surface area contributed by atoms with Crippen molar-refractivity contribution in [3.8, 4) is 16.9 Å². The first-order valence-electron chi connectivity index (χ1n) is 13.2. The van der Waals surface area contributed by atoms with Crippen molar-refractivity contribution in [3.05, 3.63) is 89.5 Å². The molecule has 3 aromatic rings. The molecule has 0 aliphatic heterocycles. The SMILES string of the molecule is CC(C)Oc1cc(-c2ccc(CCCNC[C@H](O)c3ccccc3)cc2)ccc1C(=O)NS(=O)(=O)CCCO.Cl. The number of nitrogens with one attached hydrogen (secondary N) is 2. The van der Waals surface area contributed by atoms with Gasteiger partial charge in [-0.15, -0.1) is 12.4 Å². The van der Waals surface area contributed by atoms with E-state index in [4.69, 9.17) is 9.84 Å². The first-order valence-corrected chi connectivity index (χ1v) is 14.8. The highest BCUT2D eigenvalue weighted by molar-refractivity contribution is 7.90. The summed E-state index contributed by atoms with van der Waals surface area (Å²) in [6.45, 7) is 4.68. The van der Waals surface area contributed by atoms with Crippen molar-refractivity contribution < 1.29 is 28.2 Å². The Labute approximate surface area is 243 Å². The van der Waals surface area contributed by atoms with Crippen LogP contribution in [0.1, 0.15) is 54.3 Å². The molecule has 0 unspecified atom stereocenters. The summed E-state index contributed by atoms with van der Waals surface area (Å²) in [5.74, 6) is -0.813. The second-order valence-corrected chi connectivity index (χ2v) is 11.5. The number of hydrogen-bond donors (Lipinski definition) is 4. The number of aryl methyl sites for hydroxylation is 1. The van der Waals surface area contributed by atoms with Gasteiger partial charge in [0.15, 0.2) is 0 Å². The third-order valence-corrected chi connectivity index (χ3v) is 7.36. The van der Waals surface area contributed by atoms with Gasteiger partial charge in [-0.1, -0.05) is 60.7 Å². The predicted molar refractivity (Wildman–Crippen MR) is 160 cm³/mol. The molecule has 3 aromatic carbocycles. The molecule has 1 atom stereocenters. The van der Waals surface area contributed by atoms with Crippen LogP contribution in [0.25, 0.3) is 11.1 Å². The van der Waals surface area contributed by atoms with Crippen LogP contribution < -0.4 is 14.8 Å². The van der Waals surface area contributed by atoms with Crippen molar-refractivity contribution >= 4 is 28.3 Å². The maximum Gasteiger partial charge on any atom is 0.268 e. The number of carbonyl (C=O) groups is 1. The number of aliphatic hydroxyl groups excluding tert-OH is 2. The van der Waals surface area contributed by atoms with Gasteiger partial charge in [0.2, 0.25) is 10.0 Å². The lowest BCUT2D eigenvalue weighted by atomic mass is 10.00. The maximum atomic E-state index is 12.7. The zero-order valence-electron chi connectivity index (χ0n) is 22.9. The van der Waals surface area contributed by atoms with Crippen LogP contribution in [0.3, 0.4) is 0 Å². The number of benzene rings is 3. The Balaban J connectivity index is 0.00000560. The van der Waals surface area contributed by atoms with Gasteiger partial charge in [0.1, 0.15) is 5.75 Å². The maximum absolute atomic E-state index is 12.7. The van der Waals surface area contributed by atoms with Crippen molar-refractivity contribution in [1.29, 1.82) is 0 Å². The van der Waals surface area contributed by atoms with Gasteiger partial charge >= 0.3 is 0 Å². The van der Waals surface area contributed by atoms with E-state index in [1.54, 1.807) is 18.2 Å². The molecule has 1 amide bonds. The molecule has 0 bridgehead atoms. The first kappa shape index (κ1) is 33.3. The summed E-state index contributed by atoms with van der Waals surface area (Å²) in [6.07, 6.45) is 1.12. The average Bonchev–Trinajstić information content (AvgIpc) is 2.92. The lowest BCUT2D eigenvalue weighted by Crippen LogP contribution is -2.33. The Kier molecular flexibility index (Phi) is 13.6. The number of rotatable bonds is 15. The van der Waals surface area contributed by atoms with Gasteiger partial charge in [-0.05, 0) is 74.0 Å². The highest BCUT2D eigenvalue weighted by Gasteiger charge is 2.20. The Hall–Kier alpha value is -2.95. The standard InChI is InChI=1S/C30H38N2O6S.ClH/c1-22(2)38-29-20-26(15-16-27(29)30(35)32-39(36,37)19-7-18-33)24-13-11-23(12-14-24)8-6-17-31-21-28(34)25-9-4-3-5-10-25;/h3-5,9-16,20,22,28,31,33-34H,6-8,17-19,21H2,1-2H3,(H,32,35);1H/t28-;/m0./s1. The van der Waals surface area contributed by atoms with E-state index in [9.17, 15) is 18.3 Å². The van der Waals surface area contributed by atoms with Crippen molar-refractivity contribution in [2.24, 2.45) is 0 Å². The van der Waals surface area contributed by atoms with Crippen LogP contribution >= 0.6 is 12.4 Å². The zero-order chi connectivity index (χ0) is 28.3. The van der Waals surface area contributed by atoms with E-state index in [-0.39, 0.29) is 42.9 Å². The minimum Gasteiger partial charge on any atom is -0.490 e. The van der Waals surface area contributed by atoms with E-state index >= 15 is 0 Å². The lowest BCUT2D eigenvalue weighted by Gasteiger charge is -2.16. The van der Waals surface area contributed by atoms with Gasteiger partial charge in [0.05, 0.1) is 23.5 Å². The Bertz CT molecular complexity index is 1300. The number of halogens is 1. The first-order chi connectivity index (χ1) is 18.7. The van der Waals surface area contributed by atoms with Gasteiger partial charge in [0, 0.05) is 13.2 Å². The smallest absolute Gasteiger partial charge is 0.268 e. The average molecular weight is 591 g/mol. The van der Waals surface area contributed by atoms with Crippen LogP contribution in [-0.2, 0) is 16.4 Å². The summed E-state index contributed by atoms with van der Waals surface area (Å²) in [6, 6.07) is 22.8. The van der Waals surface area contributed by atoms with E-state index in [1.165, 1.54) is 5.56 Å². The molecule has 0 radical (unpaired) electrons. The summed E-state index contributed by atoms with van der Waals surface area (Å²) in [5, 5.41) is 22.4. The minimum absolute atomic E-state index is 0. The number of amides is 1. The number of carbonyl (C=O) groups excluding carboxylic acids is 1. The van der Waals surface area contributed by atoms with Crippen LogP contribution in [0.15, 0.2) is 72.8 Å². The Morgan fingerprint density at radius 1 is 0.950 bits per heavy atom. The van der Waals surface area contributed by atoms with Crippen LogP contribution in [0.4, 0.5) is 0 Å². The number of hydrogen-bond acceptors (Lipinski definition) is 7. The third-order valence-electron chi connectivity index (χ3n) is 6.04. The topological polar surface area (TPSA) is 125 Å². The Morgan fingerprint density at radius 3 is 2.27 bits per heavy atom. The van der Waals surface area contributed by atoms with E-state index in [1.807, 2.05) is 56.3 Å². The fraction of sp³-hybridized carbons (Fsp3) is 0.367. The summed E-state index contributed by atoms with van der Waals surface area (Å²) >= 11 is 0. The normalized spacial score (nSPS) is 12.0. The molecule has 0 spiro atoms. The van der Waals surface area contributed by atoms with Gasteiger partial charge in [0.25, 0.3) is 5.91 Å². The molecule has 40 heavy (non-hydrogen) atoms. The zero-order valence-corrected chi connectivity index (χ0v) is 24.5. The minimum atomic E-state index is -3.86. The van der Waals surface area contributed by atoms with Crippen LogP contribution in [0, 0.1) is 0 Å². The van der Waals surface area contributed by atoms with E-state index in [0.717, 1.165) is 36.1 Å². The van der Waals surface area contributed by atoms with E-state index in [2.05, 4.69) is 22.2 Å². The third kappa shape index (κ3) is 10.6. The summed E-state index contributed by atoms with van der Waals surface area (Å²) < 4.78 is 32.2. The highest BCUT2D eigenvalue weighted by atomic mass is 35.5. The number of ether oxygens (including phenoxy) is 1. The number of aliphatic hydroxyl groups is 2. The highest BCUT2D eigenvalue weighted by Crippen LogP contribution is 2.29. The van der Waals surface area contributed by atoms with Gasteiger partial charge in [-0.3, -0.25) is 4.79 Å². The molecule has 218 valence electrons. The summed E-state index contributed by atoms with van der Waals surface area (Å²) in [5.41, 5.74) is 4.00. The molecule has 0 saturated carbocycles. The van der Waals surface area contributed by atoms with E-state index in [0.29, 0.717) is 12.3 Å². The van der Waals surface area contributed by atoms with Crippen molar-refractivity contribution in [2.75, 3.05) is 25.4 Å². The quantitative estimate of drug-likeness (QED) is 0.195. The molecular formula is C30H39ClN2O6S. The summed E-state index contributed by atoms with van der Waals surface area (Å²) in [7, 11) is -3.86. The molecule has 0 aliphatic carbocycles. The Morgan fingerprint density at radius 2 is 1.62 bits per heavy atom. The second kappa shape index (κ2) is 16.3. The van der Waals surface area contributed by atoms with Crippen LogP contribution in [0.2, 0.25) is 0 Å². The molecule has 4 N–H and O–H groups in total. The molecule has 3 rings (SSSR count). The fourth-order valence-corrected chi connectivity index (χ4v) is 5.06. The molecule has 8 nitrogen and oxygen atoms in total. The molecule has 0 fully saturated rings. The monoisotopic (exact) mass is 590 g/mol. The van der Waals surface area contributed by atoms with Crippen molar-refractivity contribution in [3.63, 3.8) is 0 Å².